The van der Waals surface area contributed by atoms with Crippen LogP contribution in [0.4, 0.5) is 5.95 Å². The molecule has 0 bridgehead atoms. The van der Waals surface area contributed by atoms with Crippen LogP contribution in [0.2, 0.25) is 0 Å². The molecule has 0 aliphatic carbocycles. The highest BCUT2D eigenvalue weighted by Crippen LogP contribution is 2.07. The summed E-state index contributed by atoms with van der Waals surface area (Å²) < 4.78 is 2.39. The predicted octanol–water partition coefficient (Wildman–Crippen LogP) is -0.0517. The first kappa shape index (κ1) is 12.2. The summed E-state index contributed by atoms with van der Waals surface area (Å²) in [6, 6.07) is 0. The Morgan fingerprint density at radius 2 is 2.11 bits per heavy atom. The van der Waals surface area contributed by atoms with Crippen LogP contribution in [0.1, 0.15) is 6.42 Å². The molecule has 0 saturated carbocycles. The van der Waals surface area contributed by atoms with Gasteiger partial charge < -0.3 is 10.3 Å². The number of nitrogens with zero attached hydrogens (tertiary/aromatic N) is 3. The van der Waals surface area contributed by atoms with Crippen molar-refractivity contribution in [2.75, 3.05) is 11.9 Å². The molecule has 0 aliphatic heterocycles. The summed E-state index contributed by atoms with van der Waals surface area (Å²) in [6.45, 7) is 4.28. The summed E-state index contributed by atoms with van der Waals surface area (Å²) in [5, 5.41) is 3.03. The molecular weight excluding hydrogens is 234 g/mol. The highest BCUT2D eigenvalue weighted by atomic mass is 16.2. The number of rotatable bonds is 4. The Morgan fingerprint density at radius 1 is 1.39 bits per heavy atom. The van der Waals surface area contributed by atoms with Crippen molar-refractivity contribution in [2.24, 2.45) is 14.1 Å². The number of hydrogen-bond donors (Lipinski definition) is 2. The summed E-state index contributed by atoms with van der Waals surface area (Å²) in [5.74, 6) is 0.477. The number of imidazole rings is 1. The molecule has 96 valence electrons. The molecular formula is C11H15N5O2. The van der Waals surface area contributed by atoms with E-state index >= 15 is 0 Å². The van der Waals surface area contributed by atoms with E-state index in [0.717, 1.165) is 11.0 Å². The van der Waals surface area contributed by atoms with E-state index < -0.39 is 5.69 Å². The smallest absolute Gasteiger partial charge is 0.332 e. The number of H-pyrrole nitrogens is 1. The molecule has 0 amide bonds. The molecule has 0 aromatic carbocycles. The van der Waals surface area contributed by atoms with Crippen molar-refractivity contribution < 1.29 is 0 Å². The van der Waals surface area contributed by atoms with Crippen molar-refractivity contribution in [3.63, 3.8) is 0 Å². The number of hydrogen-bond acceptors (Lipinski definition) is 4. The zero-order chi connectivity index (χ0) is 13.3. The molecule has 0 saturated heterocycles. The van der Waals surface area contributed by atoms with Gasteiger partial charge >= 0.3 is 5.69 Å². The van der Waals surface area contributed by atoms with Crippen molar-refractivity contribution in [3.8, 4) is 0 Å². The van der Waals surface area contributed by atoms with Crippen LogP contribution in [0.25, 0.3) is 11.2 Å². The Kier molecular flexibility index (Phi) is 3.05. The summed E-state index contributed by atoms with van der Waals surface area (Å²) in [7, 11) is 3.02. The first-order valence-electron chi connectivity index (χ1n) is 5.56. The Bertz CT molecular complexity index is 707. The maximum Gasteiger partial charge on any atom is 0.332 e. The molecule has 0 unspecified atom stereocenters. The Balaban J connectivity index is 2.54. The van der Waals surface area contributed by atoms with E-state index in [-0.39, 0.29) is 5.56 Å². The summed E-state index contributed by atoms with van der Waals surface area (Å²) >= 11 is 0. The Labute approximate surface area is 103 Å². The highest BCUT2D eigenvalue weighted by molar-refractivity contribution is 5.72. The minimum Gasteiger partial charge on any atom is -0.355 e. The van der Waals surface area contributed by atoms with Gasteiger partial charge in [-0.2, -0.15) is 4.98 Å². The molecule has 0 spiro atoms. The number of anilines is 1. The van der Waals surface area contributed by atoms with Gasteiger partial charge in [-0.3, -0.25) is 13.9 Å². The zero-order valence-electron chi connectivity index (χ0n) is 10.4. The van der Waals surface area contributed by atoms with Crippen molar-refractivity contribution in [2.45, 2.75) is 6.42 Å². The van der Waals surface area contributed by atoms with Crippen molar-refractivity contribution in [1.82, 2.24) is 19.1 Å². The van der Waals surface area contributed by atoms with Crippen LogP contribution >= 0.6 is 0 Å². The molecule has 0 fully saturated rings. The number of aromatic nitrogens is 4. The quantitative estimate of drug-likeness (QED) is 0.587. The SMILES string of the molecule is C=CCCNc1nc2c([nH]1)c(=O)n(C)c(=O)n2C. The third kappa shape index (κ3) is 1.83. The third-order valence-electron chi connectivity index (χ3n) is 2.74. The van der Waals surface area contributed by atoms with Crippen LogP contribution in [0.15, 0.2) is 22.2 Å². The number of aryl methyl sites for hydroxylation is 1. The number of nitrogens with one attached hydrogen (secondary N) is 2. The summed E-state index contributed by atoms with van der Waals surface area (Å²) in [6.07, 6.45) is 2.57. The second-order valence-corrected chi connectivity index (χ2v) is 3.99. The van der Waals surface area contributed by atoms with Gasteiger partial charge in [-0.05, 0) is 6.42 Å². The lowest BCUT2D eigenvalue weighted by atomic mass is 10.4. The average molecular weight is 249 g/mol. The van der Waals surface area contributed by atoms with Gasteiger partial charge in [-0.15, -0.1) is 6.58 Å². The molecule has 0 atom stereocenters. The van der Waals surface area contributed by atoms with Gasteiger partial charge in [-0.1, -0.05) is 6.08 Å². The van der Waals surface area contributed by atoms with Gasteiger partial charge in [0, 0.05) is 20.6 Å². The van der Waals surface area contributed by atoms with E-state index in [4.69, 9.17) is 0 Å². The molecule has 2 N–H and O–H groups in total. The molecule has 7 nitrogen and oxygen atoms in total. The fraction of sp³-hybridized carbons (Fsp3) is 0.364. The van der Waals surface area contributed by atoms with Gasteiger partial charge in [-0.25, -0.2) is 4.79 Å². The minimum absolute atomic E-state index is 0.320. The van der Waals surface area contributed by atoms with Crippen LogP contribution in [0.5, 0.6) is 0 Å². The molecule has 2 aromatic heterocycles. The molecule has 0 aliphatic rings. The molecule has 7 heteroatoms. The fourth-order valence-electron chi connectivity index (χ4n) is 1.70. The van der Waals surface area contributed by atoms with Crippen LogP contribution in [0, 0.1) is 0 Å². The summed E-state index contributed by atoms with van der Waals surface area (Å²) in [5.41, 5.74) is -0.0982. The summed E-state index contributed by atoms with van der Waals surface area (Å²) in [4.78, 5) is 30.7. The van der Waals surface area contributed by atoms with Crippen LogP contribution in [-0.4, -0.2) is 25.6 Å². The van der Waals surface area contributed by atoms with E-state index in [1.54, 1.807) is 13.1 Å². The van der Waals surface area contributed by atoms with E-state index in [9.17, 15) is 9.59 Å². The van der Waals surface area contributed by atoms with Gasteiger partial charge in [0.25, 0.3) is 5.56 Å². The first-order chi connectivity index (χ1) is 8.56. The lowest BCUT2D eigenvalue weighted by molar-refractivity contribution is 0.709. The predicted molar refractivity (Wildman–Crippen MR) is 69.9 cm³/mol. The minimum atomic E-state index is -0.392. The standard InChI is InChI=1S/C11H15N5O2/c1-4-5-6-12-10-13-7-8(14-10)15(2)11(18)16(3)9(7)17/h4H,1,5-6H2,2-3H3,(H2,12,13,14). The van der Waals surface area contributed by atoms with Gasteiger partial charge in [0.05, 0.1) is 0 Å². The largest absolute Gasteiger partial charge is 0.355 e. The van der Waals surface area contributed by atoms with E-state index in [2.05, 4.69) is 21.9 Å². The third-order valence-corrected chi connectivity index (χ3v) is 2.74. The maximum absolute atomic E-state index is 11.9. The molecule has 2 aromatic rings. The van der Waals surface area contributed by atoms with Gasteiger partial charge in [0.2, 0.25) is 5.95 Å². The average Bonchev–Trinajstić information content (AvgIpc) is 2.78. The Morgan fingerprint density at radius 3 is 2.78 bits per heavy atom. The lowest BCUT2D eigenvalue weighted by Gasteiger charge is -2.00. The van der Waals surface area contributed by atoms with Crippen LogP contribution in [-0.2, 0) is 14.1 Å². The van der Waals surface area contributed by atoms with Crippen LogP contribution in [0.3, 0.4) is 0 Å². The normalized spacial score (nSPS) is 10.8. The molecule has 2 rings (SSSR count). The van der Waals surface area contributed by atoms with Gasteiger partial charge in [0.1, 0.15) is 0 Å². The first-order valence-corrected chi connectivity index (χ1v) is 5.56. The van der Waals surface area contributed by atoms with Gasteiger partial charge in [0.15, 0.2) is 11.2 Å². The highest BCUT2D eigenvalue weighted by Gasteiger charge is 2.12. The fourth-order valence-corrected chi connectivity index (χ4v) is 1.70. The zero-order valence-corrected chi connectivity index (χ0v) is 10.4. The van der Waals surface area contributed by atoms with E-state index in [0.29, 0.717) is 23.7 Å². The maximum atomic E-state index is 11.9. The van der Waals surface area contributed by atoms with Crippen molar-refractivity contribution >= 4 is 17.1 Å². The Hall–Kier alpha value is -2.31. The topological polar surface area (TPSA) is 84.7 Å². The van der Waals surface area contributed by atoms with Crippen molar-refractivity contribution in [1.29, 1.82) is 0 Å². The van der Waals surface area contributed by atoms with E-state index in [1.165, 1.54) is 11.6 Å². The second-order valence-electron chi connectivity index (χ2n) is 3.99. The molecule has 0 radical (unpaired) electrons. The molecule has 2 heterocycles. The monoisotopic (exact) mass is 249 g/mol. The number of fused-ring (bicyclic) bond motifs is 1. The van der Waals surface area contributed by atoms with Crippen LogP contribution < -0.4 is 16.6 Å². The second kappa shape index (κ2) is 4.52. The lowest BCUT2D eigenvalue weighted by Crippen LogP contribution is -2.36. The van der Waals surface area contributed by atoms with Crippen molar-refractivity contribution in [3.05, 3.63) is 33.5 Å². The van der Waals surface area contributed by atoms with E-state index in [1.807, 2.05) is 0 Å². The molecule has 18 heavy (non-hydrogen) atoms. The number of aromatic amines is 1.